The van der Waals surface area contributed by atoms with Crippen molar-refractivity contribution >= 4 is 5.96 Å². The lowest BCUT2D eigenvalue weighted by Crippen LogP contribution is -2.36. The van der Waals surface area contributed by atoms with Gasteiger partial charge < -0.3 is 15.4 Å². The quantitative estimate of drug-likeness (QED) is 0.571. The molecule has 0 bridgehead atoms. The van der Waals surface area contributed by atoms with Gasteiger partial charge in [-0.1, -0.05) is 38.1 Å². The largest absolute Gasteiger partial charge is 0.493 e. The van der Waals surface area contributed by atoms with E-state index in [4.69, 9.17) is 4.74 Å². The third kappa shape index (κ3) is 6.83. The van der Waals surface area contributed by atoms with Gasteiger partial charge in [-0.3, -0.25) is 9.98 Å². The molecule has 5 heteroatoms. The first-order chi connectivity index (χ1) is 12.2. The Bertz CT molecular complexity index is 656. The smallest absolute Gasteiger partial charge is 0.191 e. The van der Waals surface area contributed by atoms with Gasteiger partial charge in [0.25, 0.3) is 0 Å². The summed E-state index contributed by atoms with van der Waals surface area (Å²) >= 11 is 0. The van der Waals surface area contributed by atoms with E-state index >= 15 is 0 Å². The third-order valence-electron chi connectivity index (χ3n) is 3.76. The fourth-order valence-electron chi connectivity index (χ4n) is 2.27. The average molecular weight is 340 g/mol. The number of benzene rings is 1. The molecule has 1 heterocycles. The van der Waals surface area contributed by atoms with Gasteiger partial charge in [0.2, 0.25) is 0 Å². The Kier molecular flexibility index (Phi) is 7.76. The minimum atomic E-state index is 0.632. The first-order valence-corrected chi connectivity index (χ1v) is 8.74. The van der Waals surface area contributed by atoms with Gasteiger partial charge in [-0.25, -0.2) is 0 Å². The second-order valence-electron chi connectivity index (χ2n) is 6.24. The standard InChI is InChI=1S/C20H28N4O/c1-16(2)11-13-25-19-10-5-4-8-17(19)14-23-20(21-3)24-15-18-9-6-7-12-22-18/h4-10,12,16H,11,13-15H2,1-3H3,(H2,21,23,24). The van der Waals surface area contributed by atoms with Crippen LogP contribution in [-0.2, 0) is 13.1 Å². The minimum absolute atomic E-state index is 0.632. The highest BCUT2D eigenvalue weighted by molar-refractivity contribution is 5.79. The van der Waals surface area contributed by atoms with Crippen molar-refractivity contribution in [2.45, 2.75) is 33.4 Å². The van der Waals surface area contributed by atoms with E-state index in [1.165, 1.54) is 0 Å². The van der Waals surface area contributed by atoms with Gasteiger partial charge in [-0.2, -0.15) is 0 Å². The van der Waals surface area contributed by atoms with Crippen LogP contribution in [0, 0.1) is 5.92 Å². The Morgan fingerprint density at radius 1 is 1.08 bits per heavy atom. The minimum Gasteiger partial charge on any atom is -0.493 e. The van der Waals surface area contributed by atoms with E-state index in [2.05, 4.69) is 40.5 Å². The van der Waals surface area contributed by atoms with E-state index in [0.29, 0.717) is 19.0 Å². The molecule has 1 aromatic heterocycles. The molecular weight excluding hydrogens is 312 g/mol. The molecule has 2 rings (SSSR count). The predicted molar refractivity (Wildman–Crippen MR) is 103 cm³/mol. The van der Waals surface area contributed by atoms with Crippen LogP contribution in [0.5, 0.6) is 5.75 Å². The number of hydrogen-bond acceptors (Lipinski definition) is 3. The van der Waals surface area contributed by atoms with Crippen molar-refractivity contribution in [1.82, 2.24) is 15.6 Å². The summed E-state index contributed by atoms with van der Waals surface area (Å²) in [6.07, 6.45) is 2.84. The molecule has 0 unspecified atom stereocenters. The molecule has 0 fully saturated rings. The molecule has 0 aliphatic rings. The van der Waals surface area contributed by atoms with Gasteiger partial charge in [0.05, 0.1) is 18.8 Å². The number of para-hydroxylation sites is 1. The number of ether oxygens (including phenoxy) is 1. The summed E-state index contributed by atoms with van der Waals surface area (Å²) in [5.41, 5.74) is 2.09. The maximum atomic E-state index is 5.93. The number of aliphatic imine (C=N–C) groups is 1. The Hall–Kier alpha value is -2.56. The molecule has 0 atom stereocenters. The Balaban J connectivity index is 1.86. The molecule has 25 heavy (non-hydrogen) atoms. The van der Waals surface area contributed by atoms with Crippen LogP contribution >= 0.6 is 0 Å². The molecule has 134 valence electrons. The number of rotatable bonds is 8. The van der Waals surface area contributed by atoms with Crippen LogP contribution in [-0.4, -0.2) is 24.6 Å². The SMILES string of the molecule is CN=C(NCc1ccccn1)NCc1ccccc1OCCC(C)C. The lowest BCUT2D eigenvalue weighted by molar-refractivity contribution is 0.286. The van der Waals surface area contributed by atoms with Crippen molar-refractivity contribution in [3.05, 3.63) is 59.9 Å². The van der Waals surface area contributed by atoms with Crippen molar-refractivity contribution in [3.8, 4) is 5.75 Å². The second kappa shape index (κ2) is 10.3. The highest BCUT2D eigenvalue weighted by atomic mass is 16.5. The van der Waals surface area contributed by atoms with E-state index in [9.17, 15) is 0 Å². The van der Waals surface area contributed by atoms with Gasteiger partial charge in [-0.05, 0) is 30.5 Å². The molecule has 0 aliphatic heterocycles. The maximum absolute atomic E-state index is 5.93. The molecular formula is C20H28N4O. The van der Waals surface area contributed by atoms with Gasteiger partial charge >= 0.3 is 0 Å². The van der Waals surface area contributed by atoms with E-state index in [0.717, 1.165) is 36.0 Å². The van der Waals surface area contributed by atoms with Gasteiger partial charge in [0.1, 0.15) is 5.75 Å². The maximum Gasteiger partial charge on any atom is 0.191 e. The molecule has 1 aromatic carbocycles. The topological polar surface area (TPSA) is 58.5 Å². The van der Waals surface area contributed by atoms with Gasteiger partial charge in [0.15, 0.2) is 5.96 Å². The van der Waals surface area contributed by atoms with Crippen molar-refractivity contribution < 1.29 is 4.74 Å². The normalized spacial score (nSPS) is 11.4. The molecule has 0 saturated heterocycles. The Morgan fingerprint density at radius 2 is 1.84 bits per heavy atom. The molecule has 0 radical (unpaired) electrons. The Morgan fingerprint density at radius 3 is 2.56 bits per heavy atom. The first-order valence-electron chi connectivity index (χ1n) is 8.74. The predicted octanol–water partition coefficient (Wildman–Crippen LogP) is 3.37. The molecule has 0 spiro atoms. The van der Waals surface area contributed by atoms with Crippen molar-refractivity contribution in [1.29, 1.82) is 0 Å². The van der Waals surface area contributed by atoms with Gasteiger partial charge in [-0.15, -0.1) is 0 Å². The zero-order chi connectivity index (χ0) is 17.9. The monoisotopic (exact) mass is 340 g/mol. The van der Waals surface area contributed by atoms with Crippen LogP contribution in [0.2, 0.25) is 0 Å². The number of nitrogens with zero attached hydrogens (tertiary/aromatic N) is 2. The molecule has 5 nitrogen and oxygen atoms in total. The fraction of sp³-hybridized carbons (Fsp3) is 0.400. The zero-order valence-corrected chi connectivity index (χ0v) is 15.3. The van der Waals surface area contributed by atoms with Crippen molar-refractivity contribution in [2.24, 2.45) is 10.9 Å². The lowest BCUT2D eigenvalue weighted by Gasteiger charge is -2.15. The summed E-state index contributed by atoms with van der Waals surface area (Å²) in [6, 6.07) is 14.0. The highest BCUT2D eigenvalue weighted by Crippen LogP contribution is 2.18. The zero-order valence-electron chi connectivity index (χ0n) is 15.3. The Labute approximate surface area is 150 Å². The van der Waals surface area contributed by atoms with Crippen molar-refractivity contribution in [2.75, 3.05) is 13.7 Å². The molecule has 0 amide bonds. The van der Waals surface area contributed by atoms with Crippen LogP contribution in [0.15, 0.2) is 53.7 Å². The van der Waals surface area contributed by atoms with Gasteiger partial charge in [0, 0.05) is 25.4 Å². The van der Waals surface area contributed by atoms with Crippen LogP contribution in [0.1, 0.15) is 31.5 Å². The van der Waals surface area contributed by atoms with Crippen LogP contribution < -0.4 is 15.4 Å². The second-order valence-corrected chi connectivity index (χ2v) is 6.24. The summed E-state index contributed by atoms with van der Waals surface area (Å²) in [7, 11) is 1.76. The number of pyridine rings is 1. The van der Waals surface area contributed by atoms with E-state index < -0.39 is 0 Å². The number of guanidine groups is 1. The molecule has 2 aromatic rings. The van der Waals surface area contributed by atoms with Crippen LogP contribution in [0.25, 0.3) is 0 Å². The van der Waals surface area contributed by atoms with Crippen LogP contribution in [0.4, 0.5) is 0 Å². The lowest BCUT2D eigenvalue weighted by atomic mass is 10.1. The number of hydrogen-bond donors (Lipinski definition) is 2. The summed E-state index contributed by atoms with van der Waals surface area (Å²) in [4.78, 5) is 8.56. The third-order valence-corrected chi connectivity index (χ3v) is 3.76. The van der Waals surface area contributed by atoms with E-state index in [1.54, 1.807) is 13.2 Å². The first kappa shape index (κ1) is 18.8. The molecule has 0 saturated carbocycles. The van der Waals surface area contributed by atoms with E-state index in [1.807, 2.05) is 36.4 Å². The molecule has 0 aliphatic carbocycles. The number of aromatic nitrogens is 1. The van der Waals surface area contributed by atoms with Crippen LogP contribution in [0.3, 0.4) is 0 Å². The summed E-state index contributed by atoms with van der Waals surface area (Å²) in [5, 5.41) is 6.60. The highest BCUT2D eigenvalue weighted by Gasteiger charge is 2.05. The molecule has 2 N–H and O–H groups in total. The van der Waals surface area contributed by atoms with E-state index in [-0.39, 0.29) is 0 Å². The number of nitrogens with one attached hydrogen (secondary N) is 2. The summed E-state index contributed by atoms with van der Waals surface area (Å²) < 4.78 is 5.93. The average Bonchev–Trinajstić information content (AvgIpc) is 2.63. The summed E-state index contributed by atoms with van der Waals surface area (Å²) in [6.45, 7) is 6.43. The summed E-state index contributed by atoms with van der Waals surface area (Å²) in [5.74, 6) is 2.30. The van der Waals surface area contributed by atoms with Crippen molar-refractivity contribution in [3.63, 3.8) is 0 Å². The fourth-order valence-corrected chi connectivity index (χ4v) is 2.27.